The molecule has 1 saturated carbocycles. The molecule has 5 rings (SSSR count). The first-order valence-electron chi connectivity index (χ1n) is 13.1. The van der Waals surface area contributed by atoms with Crippen molar-refractivity contribution in [1.29, 1.82) is 0 Å². The Morgan fingerprint density at radius 1 is 1.11 bits per heavy atom. The molecular weight excluding hydrogens is 474 g/mol. The van der Waals surface area contributed by atoms with E-state index in [2.05, 4.69) is 34.5 Å². The van der Waals surface area contributed by atoms with Crippen molar-refractivity contribution in [3.63, 3.8) is 0 Å². The summed E-state index contributed by atoms with van der Waals surface area (Å²) in [5.41, 5.74) is 2.63. The number of rotatable bonds is 7. The van der Waals surface area contributed by atoms with E-state index in [1.165, 1.54) is 11.1 Å². The molecule has 0 aromatic heterocycles. The fourth-order valence-corrected chi connectivity index (χ4v) is 7.03. The zero-order valence-corrected chi connectivity index (χ0v) is 21.8. The van der Waals surface area contributed by atoms with Gasteiger partial charge in [-0.25, -0.2) is 4.79 Å². The van der Waals surface area contributed by atoms with Crippen LogP contribution in [0.2, 0.25) is 5.02 Å². The molecule has 1 atom stereocenters. The van der Waals surface area contributed by atoms with Gasteiger partial charge >= 0.3 is 5.97 Å². The molecule has 1 heterocycles. The third kappa shape index (κ3) is 4.73. The predicted molar refractivity (Wildman–Crippen MR) is 143 cm³/mol. The van der Waals surface area contributed by atoms with Gasteiger partial charge in [-0.3, -0.25) is 9.69 Å². The average molecular weight is 510 g/mol. The van der Waals surface area contributed by atoms with Crippen molar-refractivity contribution in [2.45, 2.75) is 55.9 Å². The summed E-state index contributed by atoms with van der Waals surface area (Å²) in [6, 6.07) is 16.1. The van der Waals surface area contributed by atoms with Crippen LogP contribution in [-0.2, 0) is 21.4 Å². The number of benzene rings is 2. The van der Waals surface area contributed by atoms with Crippen LogP contribution in [0.4, 0.5) is 5.69 Å². The van der Waals surface area contributed by atoms with E-state index in [0.717, 1.165) is 57.4 Å². The van der Waals surface area contributed by atoms with Crippen molar-refractivity contribution < 1.29 is 14.7 Å². The Balaban J connectivity index is 1.31. The summed E-state index contributed by atoms with van der Waals surface area (Å²) in [5, 5.41) is 14.2. The number of anilines is 1. The standard InChI is InChI=1S/C29H36ClN3O3/c1-32-16-17-33(20-26(32)34)15-5-7-22-18-21-6-2-3-10-25(21)28(22)11-13-29(14-12-28,27(35)36)31-24-9-4-8-23(30)19-24/h2-4,6,8-10,19,22,31H,5,7,11-18,20H2,1H3,(H,35,36). The van der Waals surface area contributed by atoms with Crippen molar-refractivity contribution in [3.05, 3.63) is 64.7 Å². The summed E-state index contributed by atoms with van der Waals surface area (Å²) in [6.45, 7) is 3.20. The van der Waals surface area contributed by atoms with Crippen LogP contribution in [0.1, 0.15) is 49.7 Å². The van der Waals surface area contributed by atoms with Gasteiger partial charge in [-0.2, -0.15) is 0 Å². The van der Waals surface area contributed by atoms with E-state index in [1.807, 2.05) is 24.1 Å². The highest BCUT2D eigenvalue weighted by molar-refractivity contribution is 6.30. The summed E-state index contributed by atoms with van der Waals surface area (Å²) < 4.78 is 0. The normalized spacial score (nSPS) is 28.3. The summed E-state index contributed by atoms with van der Waals surface area (Å²) >= 11 is 6.17. The molecule has 0 bridgehead atoms. The van der Waals surface area contributed by atoms with Gasteiger partial charge in [0.1, 0.15) is 5.54 Å². The minimum atomic E-state index is -0.988. The topological polar surface area (TPSA) is 72.9 Å². The zero-order valence-electron chi connectivity index (χ0n) is 21.0. The molecule has 1 spiro atoms. The maximum absolute atomic E-state index is 12.6. The first-order chi connectivity index (χ1) is 17.3. The van der Waals surface area contributed by atoms with Crippen LogP contribution >= 0.6 is 11.6 Å². The SMILES string of the molecule is CN1CCN(CCCC2Cc3ccccc3C23CCC(Nc2cccc(Cl)c2)(C(=O)O)CC3)CC1=O. The molecule has 7 heteroatoms. The number of nitrogens with zero attached hydrogens (tertiary/aromatic N) is 2. The Morgan fingerprint density at radius 2 is 1.89 bits per heavy atom. The molecule has 6 nitrogen and oxygen atoms in total. The van der Waals surface area contributed by atoms with Gasteiger partial charge in [0.2, 0.25) is 5.91 Å². The van der Waals surface area contributed by atoms with E-state index in [1.54, 1.807) is 12.1 Å². The Labute approximate surface area is 218 Å². The van der Waals surface area contributed by atoms with Gasteiger partial charge in [-0.1, -0.05) is 41.9 Å². The Bertz CT molecular complexity index is 1130. The molecule has 1 amide bonds. The fourth-order valence-electron chi connectivity index (χ4n) is 6.84. The number of carboxylic acid groups (broad SMARTS) is 1. The quantitative estimate of drug-likeness (QED) is 0.560. The van der Waals surface area contributed by atoms with Gasteiger partial charge in [0, 0.05) is 30.8 Å². The van der Waals surface area contributed by atoms with Crippen LogP contribution in [0.25, 0.3) is 0 Å². The number of aliphatic carboxylic acids is 1. The average Bonchev–Trinajstić information content (AvgIpc) is 3.16. The minimum absolute atomic E-state index is 0.0174. The first-order valence-corrected chi connectivity index (χ1v) is 13.5. The van der Waals surface area contributed by atoms with Crippen molar-refractivity contribution in [1.82, 2.24) is 9.80 Å². The molecule has 1 aliphatic heterocycles. The monoisotopic (exact) mass is 509 g/mol. The van der Waals surface area contributed by atoms with E-state index >= 15 is 0 Å². The Hall–Kier alpha value is -2.57. The molecule has 2 N–H and O–H groups in total. The number of carbonyl (C=O) groups excluding carboxylic acids is 1. The van der Waals surface area contributed by atoms with E-state index in [-0.39, 0.29) is 11.3 Å². The molecule has 2 aromatic rings. The number of halogens is 1. The molecule has 1 unspecified atom stereocenters. The first kappa shape index (κ1) is 25.1. The molecule has 2 aromatic carbocycles. The number of fused-ring (bicyclic) bond motifs is 2. The molecule has 3 aliphatic rings. The molecular formula is C29H36ClN3O3. The highest BCUT2D eigenvalue weighted by Crippen LogP contribution is 2.55. The summed E-state index contributed by atoms with van der Waals surface area (Å²) in [4.78, 5) is 28.8. The maximum atomic E-state index is 12.6. The number of carboxylic acids is 1. The molecule has 36 heavy (non-hydrogen) atoms. The van der Waals surface area contributed by atoms with Gasteiger partial charge in [0.15, 0.2) is 0 Å². The molecule has 2 fully saturated rings. The van der Waals surface area contributed by atoms with Crippen LogP contribution in [0.15, 0.2) is 48.5 Å². The lowest BCUT2D eigenvalue weighted by atomic mass is 9.60. The lowest BCUT2D eigenvalue weighted by Crippen LogP contribution is -2.53. The number of hydrogen-bond acceptors (Lipinski definition) is 4. The highest BCUT2D eigenvalue weighted by atomic mass is 35.5. The summed E-state index contributed by atoms with van der Waals surface area (Å²) in [7, 11) is 1.88. The lowest BCUT2D eigenvalue weighted by Gasteiger charge is -2.47. The van der Waals surface area contributed by atoms with Crippen molar-refractivity contribution in [3.8, 4) is 0 Å². The van der Waals surface area contributed by atoms with Crippen LogP contribution < -0.4 is 5.32 Å². The largest absolute Gasteiger partial charge is 0.480 e. The molecule has 192 valence electrons. The number of hydrogen-bond donors (Lipinski definition) is 2. The second kappa shape index (κ2) is 10.1. The van der Waals surface area contributed by atoms with E-state index < -0.39 is 11.5 Å². The number of piperazine rings is 1. The van der Waals surface area contributed by atoms with Gasteiger partial charge in [0.05, 0.1) is 6.54 Å². The van der Waals surface area contributed by atoms with E-state index in [9.17, 15) is 14.7 Å². The zero-order chi connectivity index (χ0) is 25.3. The third-order valence-corrected chi connectivity index (χ3v) is 9.21. The smallest absolute Gasteiger partial charge is 0.329 e. The van der Waals surface area contributed by atoms with Gasteiger partial charge in [0.25, 0.3) is 0 Å². The Morgan fingerprint density at radius 3 is 2.61 bits per heavy atom. The summed E-state index contributed by atoms with van der Waals surface area (Å²) in [6.07, 6.45) is 6.06. The van der Waals surface area contributed by atoms with Gasteiger partial charge < -0.3 is 15.3 Å². The second-order valence-corrected chi connectivity index (χ2v) is 11.4. The lowest BCUT2D eigenvalue weighted by molar-refractivity contribution is -0.144. The van der Waals surface area contributed by atoms with Crippen molar-refractivity contribution in [2.24, 2.45) is 5.92 Å². The van der Waals surface area contributed by atoms with Gasteiger partial charge in [-0.05, 0) is 92.1 Å². The summed E-state index contributed by atoms with van der Waals surface area (Å²) in [5.74, 6) is -0.0913. The number of amides is 1. The van der Waals surface area contributed by atoms with Crippen LogP contribution in [0.3, 0.4) is 0 Å². The van der Waals surface area contributed by atoms with Crippen molar-refractivity contribution in [2.75, 3.05) is 38.5 Å². The third-order valence-electron chi connectivity index (χ3n) is 8.98. The van der Waals surface area contributed by atoms with E-state index in [0.29, 0.717) is 30.3 Å². The maximum Gasteiger partial charge on any atom is 0.329 e. The number of likely N-dealkylation sites (N-methyl/N-ethyl adjacent to an activating group) is 1. The minimum Gasteiger partial charge on any atom is -0.480 e. The van der Waals surface area contributed by atoms with Crippen molar-refractivity contribution >= 4 is 29.2 Å². The Kier molecular flexibility index (Phi) is 7.01. The molecule has 0 radical (unpaired) electrons. The van der Waals surface area contributed by atoms with Gasteiger partial charge in [-0.15, -0.1) is 0 Å². The van der Waals surface area contributed by atoms with Crippen LogP contribution in [-0.4, -0.2) is 65.5 Å². The fraction of sp³-hybridized carbons (Fsp3) is 0.517. The second-order valence-electron chi connectivity index (χ2n) is 11.0. The van der Waals surface area contributed by atoms with Crippen LogP contribution in [0.5, 0.6) is 0 Å². The highest BCUT2D eigenvalue weighted by Gasteiger charge is 2.53. The number of carbonyl (C=O) groups is 2. The molecule has 2 aliphatic carbocycles. The molecule has 1 saturated heterocycles. The number of nitrogens with one attached hydrogen (secondary N) is 1. The van der Waals surface area contributed by atoms with Crippen LogP contribution in [0, 0.1) is 5.92 Å². The van der Waals surface area contributed by atoms with E-state index in [4.69, 9.17) is 11.6 Å². The predicted octanol–water partition coefficient (Wildman–Crippen LogP) is 4.81.